The van der Waals surface area contributed by atoms with E-state index in [4.69, 9.17) is 0 Å². The SMILES string of the molecule is CSC1CCCC1Nc1nccc(C(F)(F)F)n1. The molecule has 2 atom stereocenters. The number of halogens is 3. The molecule has 3 nitrogen and oxygen atoms in total. The van der Waals surface area contributed by atoms with Gasteiger partial charge in [-0.2, -0.15) is 24.9 Å². The van der Waals surface area contributed by atoms with E-state index in [1.165, 1.54) is 0 Å². The molecule has 18 heavy (non-hydrogen) atoms. The van der Waals surface area contributed by atoms with Gasteiger partial charge in [-0.3, -0.25) is 0 Å². The minimum Gasteiger partial charge on any atom is -0.350 e. The average molecular weight is 277 g/mol. The number of nitrogens with one attached hydrogen (secondary N) is 1. The summed E-state index contributed by atoms with van der Waals surface area (Å²) in [4.78, 5) is 7.37. The predicted molar refractivity (Wildman–Crippen MR) is 65.6 cm³/mol. The molecule has 7 heteroatoms. The second-order valence-corrected chi connectivity index (χ2v) is 5.30. The zero-order valence-electron chi connectivity index (χ0n) is 9.87. The van der Waals surface area contributed by atoms with Crippen LogP contribution < -0.4 is 5.32 Å². The van der Waals surface area contributed by atoms with Crippen molar-refractivity contribution in [2.24, 2.45) is 0 Å². The number of hydrogen-bond acceptors (Lipinski definition) is 4. The van der Waals surface area contributed by atoms with Crippen LogP contribution in [0.2, 0.25) is 0 Å². The third-order valence-corrected chi connectivity index (χ3v) is 4.19. The number of nitrogens with zero attached hydrogens (tertiary/aromatic N) is 2. The van der Waals surface area contributed by atoms with Gasteiger partial charge in [0, 0.05) is 17.5 Å². The molecule has 1 N–H and O–H groups in total. The molecule has 0 aliphatic heterocycles. The van der Waals surface area contributed by atoms with Crippen LogP contribution in [0, 0.1) is 0 Å². The number of rotatable bonds is 3. The standard InChI is InChI=1S/C11H14F3N3S/c1-18-8-4-2-3-7(8)16-10-15-6-5-9(17-10)11(12,13)14/h5-8H,2-4H2,1H3,(H,15,16,17). The summed E-state index contributed by atoms with van der Waals surface area (Å²) >= 11 is 1.73. The van der Waals surface area contributed by atoms with Crippen LogP contribution in [0.3, 0.4) is 0 Å². The van der Waals surface area contributed by atoms with Crippen molar-refractivity contribution >= 4 is 17.7 Å². The molecule has 100 valence electrons. The zero-order valence-corrected chi connectivity index (χ0v) is 10.7. The lowest BCUT2D eigenvalue weighted by atomic mass is 10.2. The van der Waals surface area contributed by atoms with E-state index in [1.807, 2.05) is 6.26 Å². The summed E-state index contributed by atoms with van der Waals surface area (Å²) in [6.45, 7) is 0. The van der Waals surface area contributed by atoms with Gasteiger partial charge in [-0.25, -0.2) is 9.97 Å². The van der Waals surface area contributed by atoms with Crippen LogP contribution in [-0.2, 0) is 6.18 Å². The Hall–Kier alpha value is -0.980. The minimum atomic E-state index is -4.42. The molecule has 1 aromatic rings. The number of hydrogen-bond donors (Lipinski definition) is 1. The molecule has 1 heterocycles. The normalized spacial score (nSPS) is 24.2. The molecule has 0 amide bonds. The van der Waals surface area contributed by atoms with E-state index in [2.05, 4.69) is 15.3 Å². The molecule has 0 radical (unpaired) electrons. The summed E-state index contributed by atoms with van der Waals surface area (Å²) in [5.74, 6) is 0.0655. The van der Waals surface area contributed by atoms with Gasteiger partial charge in [-0.1, -0.05) is 6.42 Å². The molecular formula is C11H14F3N3S. The molecule has 1 fully saturated rings. The quantitative estimate of drug-likeness (QED) is 0.920. The molecule has 0 aromatic carbocycles. The molecule has 2 rings (SSSR count). The number of thioether (sulfide) groups is 1. The molecule has 1 aliphatic carbocycles. The van der Waals surface area contributed by atoms with E-state index < -0.39 is 11.9 Å². The average Bonchev–Trinajstić information content (AvgIpc) is 2.75. The lowest BCUT2D eigenvalue weighted by molar-refractivity contribution is -0.141. The number of alkyl halides is 3. The Morgan fingerprint density at radius 1 is 1.39 bits per heavy atom. The Balaban J connectivity index is 2.10. The van der Waals surface area contributed by atoms with Crippen molar-refractivity contribution in [3.63, 3.8) is 0 Å². The first kappa shape index (κ1) is 13.5. The molecule has 0 spiro atoms. The van der Waals surface area contributed by atoms with E-state index in [0.29, 0.717) is 5.25 Å². The van der Waals surface area contributed by atoms with Crippen molar-refractivity contribution in [2.45, 2.75) is 36.7 Å². The van der Waals surface area contributed by atoms with Crippen LogP contribution >= 0.6 is 11.8 Å². The highest BCUT2D eigenvalue weighted by molar-refractivity contribution is 7.99. The highest BCUT2D eigenvalue weighted by Gasteiger charge is 2.33. The summed E-state index contributed by atoms with van der Waals surface area (Å²) in [5, 5.41) is 3.43. The number of anilines is 1. The van der Waals surface area contributed by atoms with Gasteiger partial charge in [0.2, 0.25) is 5.95 Å². The van der Waals surface area contributed by atoms with Gasteiger partial charge in [-0.15, -0.1) is 0 Å². The van der Waals surface area contributed by atoms with Gasteiger partial charge in [-0.05, 0) is 25.2 Å². The van der Waals surface area contributed by atoms with Crippen molar-refractivity contribution in [2.75, 3.05) is 11.6 Å². The van der Waals surface area contributed by atoms with E-state index in [-0.39, 0.29) is 12.0 Å². The third kappa shape index (κ3) is 3.07. The van der Waals surface area contributed by atoms with Gasteiger partial charge in [0.15, 0.2) is 0 Å². The lowest BCUT2D eigenvalue weighted by Gasteiger charge is -2.19. The van der Waals surface area contributed by atoms with Gasteiger partial charge in [0.25, 0.3) is 0 Å². The summed E-state index contributed by atoms with van der Waals surface area (Å²) in [5.41, 5.74) is -0.904. The fourth-order valence-electron chi connectivity index (χ4n) is 2.13. The van der Waals surface area contributed by atoms with Gasteiger partial charge in [0.05, 0.1) is 0 Å². The maximum Gasteiger partial charge on any atom is 0.433 e. The summed E-state index contributed by atoms with van der Waals surface area (Å²) in [6.07, 6.45) is 1.85. The van der Waals surface area contributed by atoms with Gasteiger partial charge in [0.1, 0.15) is 5.69 Å². The Labute approximate surface area is 108 Å². The second kappa shape index (κ2) is 5.34. The van der Waals surface area contributed by atoms with Crippen molar-refractivity contribution in [3.8, 4) is 0 Å². The monoisotopic (exact) mass is 277 g/mol. The summed E-state index contributed by atoms with van der Waals surface area (Å²) in [6, 6.07) is 1.04. The third-order valence-electron chi connectivity index (χ3n) is 3.02. The highest BCUT2D eigenvalue weighted by atomic mass is 32.2. The fourth-order valence-corrected chi connectivity index (χ4v) is 3.06. The van der Waals surface area contributed by atoms with E-state index in [0.717, 1.165) is 31.5 Å². The lowest BCUT2D eigenvalue weighted by Crippen LogP contribution is -2.27. The van der Waals surface area contributed by atoms with Crippen LogP contribution in [0.4, 0.5) is 19.1 Å². The van der Waals surface area contributed by atoms with Crippen molar-refractivity contribution < 1.29 is 13.2 Å². The molecule has 2 unspecified atom stereocenters. The highest BCUT2D eigenvalue weighted by Crippen LogP contribution is 2.31. The molecular weight excluding hydrogens is 263 g/mol. The maximum atomic E-state index is 12.5. The molecule has 0 saturated heterocycles. The molecule has 1 aromatic heterocycles. The zero-order chi connectivity index (χ0) is 13.2. The maximum absolute atomic E-state index is 12.5. The first-order valence-electron chi connectivity index (χ1n) is 5.70. The van der Waals surface area contributed by atoms with Crippen LogP contribution in [0.15, 0.2) is 12.3 Å². The van der Waals surface area contributed by atoms with Crippen molar-refractivity contribution in [1.82, 2.24) is 9.97 Å². The molecule has 1 aliphatic rings. The topological polar surface area (TPSA) is 37.8 Å². The number of aromatic nitrogens is 2. The Morgan fingerprint density at radius 3 is 2.83 bits per heavy atom. The van der Waals surface area contributed by atoms with Crippen molar-refractivity contribution in [1.29, 1.82) is 0 Å². The minimum absolute atomic E-state index is 0.0655. The predicted octanol–water partition coefficient (Wildman–Crippen LogP) is 3.19. The van der Waals surface area contributed by atoms with Crippen LogP contribution in [0.1, 0.15) is 25.0 Å². The van der Waals surface area contributed by atoms with Gasteiger partial charge < -0.3 is 5.32 Å². The smallest absolute Gasteiger partial charge is 0.350 e. The second-order valence-electron chi connectivity index (χ2n) is 4.22. The first-order valence-corrected chi connectivity index (χ1v) is 6.99. The molecule has 1 saturated carbocycles. The molecule has 0 bridgehead atoms. The van der Waals surface area contributed by atoms with E-state index in [9.17, 15) is 13.2 Å². The van der Waals surface area contributed by atoms with Gasteiger partial charge >= 0.3 is 6.18 Å². The summed E-state index contributed by atoms with van der Waals surface area (Å²) < 4.78 is 37.5. The first-order chi connectivity index (χ1) is 8.50. The van der Waals surface area contributed by atoms with E-state index in [1.54, 1.807) is 11.8 Å². The fraction of sp³-hybridized carbons (Fsp3) is 0.636. The Bertz CT molecular complexity index is 411. The summed E-state index contributed by atoms with van der Waals surface area (Å²) in [7, 11) is 0. The Kier molecular flexibility index (Phi) is 3.99. The van der Waals surface area contributed by atoms with Crippen LogP contribution in [0.25, 0.3) is 0 Å². The largest absolute Gasteiger partial charge is 0.433 e. The Morgan fingerprint density at radius 2 is 2.17 bits per heavy atom. The van der Waals surface area contributed by atoms with Crippen LogP contribution in [-0.4, -0.2) is 27.5 Å². The van der Waals surface area contributed by atoms with Crippen LogP contribution in [0.5, 0.6) is 0 Å². The van der Waals surface area contributed by atoms with Crippen molar-refractivity contribution in [3.05, 3.63) is 18.0 Å². The van der Waals surface area contributed by atoms with E-state index >= 15 is 0 Å².